The van der Waals surface area contributed by atoms with E-state index in [2.05, 4.69) is 16.3 Å². The van der Waals surface area contributed by atoms with Crippen LogP contribution in [0.25, 0.3) is 32.7 Å². The minimum Gasteiger partial charge on any atom is -0.396 e. The van der Waals surface area contributed by atoms with Gasteiger partial charge in [-0.25, -0.2) is 9.97 Å². The number of hydrogen-bond donors (Lipinski definition) is 2. The van der Waals surface area contributed by atoms with Gasteiger partial charge in [0.2, 0.25) is 0 Å². The first-order valence-corrected chi connectivity index (χ1v) is 13.2. The van der Waals surface area contributed by atoms with E-state index in [1.165, 1.54) is 11.8 Å². The van der Waals surface area contributed by atoms with E-state index in [1.807, 2.05) is 53.9 Å². The molecule has 0 aliphatic carbocycles. The number of aliphatic hydroxyl groups excluding tert-OH is 1. The van der Waals surface area contributed by atoms with Crippen molar-refractivity contribution in [2.24, 2.45) is 0 Å². The largest absolute Gasteiger partial charge is 0.396 e. The highest BCUT2D eigenvalue weighted by Gasteiger charge is 2.19. The van der Waals surface area contributed by atoms with Crippen LogP contribution in [0.15, 0.2) is 65.1 Å². The van der Waals surface area contributed by atoms with Crippen LogP contribution in [-0.4, -0.2) is 31.9 Å². The smallest absolute Gasteiger partial charge is 0.157 e. The summed E-state index contributed by atoms with van der Waals surface area (Å²) < 4.78 is 0. The van der Waals surface area contributed by atoms with Gasteiger partial charge in [0, 0.05) is 39.3 Å². The SMILES string of the molecule is N#Cc1c(SCc2csc(-c3ccc(Cl)cc3)n2)nc2[nH]ncc2c1-c1ccc(CCCO)cc1. The number of nitriles is 1. The molecular formula is C26H20ClN5OS2. The number of aliphatic hydroxyl groups is 1. The van der Waals surface area contributed by atoms with Crippen LogP contribution in [-0.2, 0) is 12.2 Å². The number of benzene rings is 2. The fraction of sp³-hybridized carbons (Fsp3) is 0.154. The lowest BCUT2D eigenvalue weighted by molar-refractivity contribution is 0.288. The van der Waals surface area contributed by atoms with E-state index in [4.69, 9.17) is 26.7 Å². The van der Waals surface area contributed by atoms with Crippen molar-refractivity contribution >= 4 is 45.7 Å². The number of hydrogen-bond acceptors (Lipinski definition) is 7. The van der Waals surface area contributed by atoms with E-state index in [-0.39, 0.29) is 6.61 Å². The van der Waals surface area contributed by atoms with Crippen LogP contribution in [0.5, 0.6) is 0 Å². The maximum atomic E-state index is 10.1. The Bertz CT molecular complexity index is 1500. The molecule has 2 aromatic carbocycles. The van der Waals surface area contributed by atoms with Gasteiger partial charge < -0.3 is 5.11 Å². The molecule has 0 saturated heterocycles. The van der Waals surface area contributed by atoms with E-state index >= 15 is 0 Å². The van der Waals surface area contributed by atoms with Gasteiger partial charge in [-0.2, -0.15) is 10.4 Å². The van der Waals surface area contributed by atoms with Crippen LogP contribution in [0.1, 0.15) is 23.2 Å². The fourth-order valence-electron chi connectivity index (χ4n) is 3.82. The van der Waals surface area contributed by atoms with E-state index in [0.29, 0.717) is 27.0 Å². The molecule has 2 N–H and O–H groups in total. The predicted octanol–water partition coefficient (Wildman–Crippen LogP) is 6.49. The minimum absolute atomic E-state index is 0.168. The maximum absolute atomic E-state index is 10.1. The Hall–Kier alpha value is -3.22. The van der Waals surface area contributed by atoms with Crippen molar-refractivity contribution in [3.8, 4) is 27.8 Å². The maximum Gasteiger partial charge on any atom is 0.157 e. The van der Waals surface area contributed by atoms with Gasteiger partial charge in [-0.05, 0) is 36.1 Å². The number of aromatic amines is 1. The van der Waals surface area contributed by atoms with E-state index in [0.717, 1.165) is 51.2 Å². The molecule has 5 rings (SSSR count). The minimum atomic E-state index is 0.168. The van der Waals surface area contributed by atoms with Crippen LogP contribution < -0.4 is 0 Å². The van der Waals surface area contributed by atoms with Crippen molar-refractivity contribution in [2.45, 2.75) is 23.6 Å². The highest BCUT2D eigenvalue weighted by atomic mass is 35.5. The third-order valence-electron chi connectivity index (χ3n) is 5.54. The highest BCUT2D eigenvalue weighted by Crippen LogP contribution is 2.37. The Morgan fingerprint density at radius 2 is 1.83 bits per heavy atom. The summed E-state index contributed by atoms with van der Waals surface area (Å²) in [6, 6.07) is 18.1. The van der Waals surface area contributed by atoms with E-state index in [9.17, 15) is 5.26 Å². The zero-order chi connectivity index (χ0) is 24.2. The molecule has 0 saturated carbocycles. The average Bonchev–Trinajstić information content (AvgIpc) is 3.55. The zero-order valence-electron chi connectivity index (χ0n) is 18.5. The summed E-state index contributed by atoms with van der Waals surface area (Å²) in [5, 5.41) is 31.4. The number of H-pyrrole nitrogens is 1. The lowest BCUT2D eigenvalue weighted by Gasteiger charge is -2.11. The number of nitrogens with zero attached hydrogens (tertiary/aromatic N) is 4. The molecule has 6 nitrogen and oxygen atoms in total. The summed E-state index contributed by atoms with van der Waals surface area (Å²) >= 11 is 9.07. The van der Waals surface area contributed by atoms with Gasteiger partial charge in [-0.3, -0.25) is 5.10 Å². The van der Waals surface area contributed by atoms with Crippen LogP contribution in [0.3, 0.4) is 0 Å². The zero-order valence-corrected chi connectivity index (χ0v) is 20.9. The monoisotopic (exact) mass is 517 g/mol. The van der Waals surface area contributed by atoms with Gasteiger partial charge >= 0.3 is 0 Å². The summed E-state index contributed by atoms with van der Waals surface area (Å²) in [6.45, 7) is 0.168. The first-order chi connectivity index (χ1) is 17.2. The number of fused-ring (bicyclic) bond motifs is 1. The third-order valence-corrected chi connectivity index (χ3v) is 7.74. The van der Waals surface area contributed by atoms with Gasteiger partial charge in [0.05, 0.1) is 17.5 Å². The molecule has 9 heteroatoms. The summed E-state index contributed by atoms with van der Waals surface area (Å²) in [5.74, 6) is 0.588. The molecule has 3 aromatic heterocycles. The van der Waals surface area contributed by atoms with Gasteiger partial charge in [0.25, 0.3) is 0 Å². The first-order valence-electron chi connectivity index (χ1n) is 11.0. The topological polar surface area (TPSA) is 98.5 Å². The van der Waals surface area contributed by atoms with Gasteiger partial charge in [0.15, 0.2) is 5.65 Å². The fourth-order valence-corrected chi connectivity index (χ4v) is 5.75. The van der Waals surface area contributed by atoms with Crippen LogP contribution in [0.4, 0.5) is 0 Å². The molecule has 0 unspecified atom stereocenters. The molecule has 174 valence electrons. The molecule has 0 fully saturated rings. The molecule has 0 radical (unpaired) electrons. The van der Waals surface area contributed by atoms with Crippen molar-refractivity contribution in [2.75, 3.05) is 6.61 Å². The molecule has 3 heterocycles. The number of pyridine rings is 1. The Morgan fingerprint density at radius 1 is 1.06 bits per heavy atom. The molecular weight excluding hydrogens is 498 g/mol. The van der Waals surface area contributed by atoms with Gasteiger partial charge in [0.1, 0.15) is 16.1 Å². The lowest BCUT2D eigenvalue weighted by atomic mass is 9.97. The molecule has 0 aliphatic heterocycles. The Labute approximate surface area is 215 Å². The first kappa shape index (κ1) is 23.5. The molecule has 35 heavy (non-hydrogen) atoms. The van der Waals surface area contributed by atoms with Crippen molar-refractivity contribution in [3.63, 3.8) is 0 Å². The average molecular weight is 518 g/mol. The standard InChI is InChI=1S/C26H20ClN5OS2/c27-19-9-7-18(8-10-19)25-30-20(14-34-25)15-35-26-21(12-28)23(22-13-29-32-24(22)31-26)17-5-3-16(4-6-17)2-1-11-33/h3-10,13-14,33H,1-2,11,15H2,(H,29,31,32). The van der Waals surface area contributed by atoms with Crippen molar-refractivity contribution < 1.29 is 5.11 Å². The summed E-state index contributed by atoms with van der Waals surface area (Å²) in [7, 11) is 0. The number of rotatable bonds is 8. The van der Waals surface area contributed by atoms with Crippen LogP contribution in [0, 0.1) is 11.3 Å². The quantitative estimate of drug-likeness (QED) is 0.228. The summed E-state index contributed by atoms with van der Waals surface area (Å²) in [4.78, 5) is 9.45. The molecule has 0 aliphatic rings. The second-order valence-corrected chi connectivity index (χ2v) is 10.1. The van der Waals surface area contributed by atoms with Gasteiger partial charge in [-0.1, -0.05) is 59.8 Å². The number of nitrogens with one attached hydrogen (secondary N) is 1. The van der Waals surface area contributed by atoms with Crippen LogP contribution >= 0.6 is 34.7 Å². The number of halogens is 1. The van der Waals surface area contributed by atoms with Gasteiger partial charge in [-0.15, -0.1) is 11.3 Å². The second kappa shape index (κ2) is 10.6. The van der Waals surface area contributed by atoms with E-state index < -0.39 is 0 Å². The third kappa shape index (κ3) is 5.09. The Morgan fingerprint density at radius 3 is 2.57 bits per heavy atom. The highest BCUT2D eigenvalue weighted by molar-refractivity contribution is 7.98. The second-order valence-electron chi connectivity index (χ2n) is 7.87. The Kier molecular flexibility index (Phi) is 7.11. The number of aryl methyl sites for hydroxylation is 1. The molecule has 0 bridgehead atoms. The molecule has 5 aromatic rings. The molecule has 0 spiro atoms. The molecule has 0 amide bonds. The number of thiazole rings is 1. The lowest BCUT2D eigenvalue weighted by Crippen LogP contribution is -1.96. The predicted molar refractivity (Wildman–Crippen MR) is 142 cm³/mol. The number of aromatic nitrogens is 4. The van der Waals surface area contributed by atoms with Crippen molar-refractivity contribution in [3.05, 3.63) is 82.0 Å². The summed E-state index contributed by atoms with van der Waals surface area (Å²) in [5.41, 5.74) is 6.02. The summed E-state index contributed by atoms with van der Waals surface area (Å²) in [6.07, 6.45) is 3.25. The number of thioether (sulfide) groups is 1. The molecule has 0 atom stereocenters. The van der Waals surface area contributed by atoms with E-state index in [1.54, 1.807) is 17.5 Å². The van der Waals surface area contributed by atoms with Crippen molar-refractivity contribution in [1.82, 2.24) is 20.2 Å². The Balaban J connectivity index is 1.44. The normalized spacial score (nSPS) is 11.1. The van der Waals surface area contributed by atoms with Crippen molar-refractivity contribution in [1.29, 1.82) is 5.26 Å². The van der Waals surface area contributed by atoms with Crippen LogP contribution in [0.2, 0.25) is 5.02 Å².